The first-order valence-electron chi connectivity index (χ1n) is 8.00. The molecule has 1 saturated heterocycles. The number of nitrogens with one attached hydrogen (secondary N) is 1. The number of nitrogens with two attached hydrogens (primary N) is 1. The van der Waals surface area contributed by atoms with Gasteiger partial charge in [0, 0.05) is 12.1 Å². The molecule has 1 atom stereocenters. The normalized spacial score (nSPS) is 32.1. The van der Waals surface area contributed by atoms with E-state index in [1.54, 1.807) is 0 Å². The first-order valence-corrected chi connectivity index (χ1v) is 9.55. The fourth-order valence-electron chi connectivity index (χ4n) is 4.68. The summed E-state index contributed by atoms with van der Waals surface area (Å²) in [6.45, 7) is 2.02. The monoisotopic (exact) mass is 301 g/mol. The van der Waals surface area contributed by atoms with Gasteiger partial charge in [0.25, 0.3) is 10.2 Å². The van der Waals surface area contributed by atoms with Crippen LogP contribution in [0.5, 0.6) is 0 Å². The van der Waals surface area contributed by atoms with Crippen molar-refractivity contribution in [3.63, 3.8) is 0 Å². The van der Waals surface area contributed by atoms with Crippen molar-refractivity contribution in [2.75, 3.05) is 13.1 Å². The highest BCUT2D eigenvalue weighted by Gasteiger charge is 2.43. The van der Waals surface area contributed by atoms with Crippen LogP contribution >= 0.6 is 0 Å². The van der Waals surface area contributed by atoms with Crippen molar-refractivity contribution < 1.29 is 8.42 Å². The van der Waals surface area contributed by atoms with E-state index in [4.69, 9.17) is 5.14 Å². The molecule has 1 aliphatic heterocycles. The zero-order valence-corrected chi connectivity index (χ0v) is 13.0. The first-order chi connectivity index (χ1) is 9.46. The average molecular weight is 301 g/mol. The van der Waals surface area contributed by atoms with Crippen LogP contribution in [0.2, 0.25) is 0 Å². The van der Waals surface area contributed by atoms with Crippen LogP contribution in [0.15, 0.2) is 0 Å². The Morgan fingerprint density at radius 3 is 2.30 bits per heavy atom. The lowest BCUT2D eigenvalue weighted by Gasteiger charge is -2.36. The van der Waals surface area contributed by atoms with Crippen molar-refractivity contribution in [3.05, 3.63) is 0 Å². The molecule has 0 radical (unpaired) electrons. The lowest BCUT2D eigenvalue weighted by Crippen LogP contribution is -2.48. The first kappa shape index (κ1) is 14.8. The highest BCUT2D eigenvalue weighted by atomic mass is 32.2. The van der Waals surface area contributed by atoms with Gasteiger partial charge in [0.15, 0.2) is 0 Å². The molecule has 116 valence electrons. The van der Waals surface area contributed by atoms with Gasteiger partial charge in [-0.25, -0.2) is 5.14 Å². The molecule has 3 rings (SSSR count). The van der Waals surface area contributed by atoms with Crippen LogP contribution in [0.1, 0.15) is 57.8 Å². The molecular weight excluding hydrogens is 274 g/mol. The third kappa shape index (κ3) is 3.35. The van der Waals surface area contributed by atoms with Gasteiger partial charge in [-0.3, -0.25) is 0 Å². The molecular formula is C14H27N3O2S. The highest BCUT2D eigenvalue weighted by molar-refractivity contribution is 7.87. The molecule has 6 heteroatoms. The topological polar surface area (TPSA) is 75.4 Å². The smallest absolute Gasteiger partial charge is 0.274 e. The van der Waals surface area contributed by atoms with E-state index in [1.807, 2.05) is 0 Å². The third-order valence-electron chi connectivity index (χ3n) is 5.72. The van der Waals surface area contributed by atoms with Crippen molar-refractivity contribution in [2.45, 2.75) is 69.9 Å². The molecule has 3 N–H and O–H groups in total. The number of piperidine rings is 1. The maximum absolute atomic E-state index is 11.1. The van der Waals surface area contributed by atoms with Gasteiger partial charge < -0.3 is 4.90 Å². The van der Waals surface area contributed by atoms with Gasteiger partial charge in [-0.2, -0.15) is 13.1 Å². The van der Waals surface area contributed by atoms with Gasteiger partial charge in [-0.05, 0) is 63.5 Å². The van der Waals surface area contributed by atoms with Crippen LogP contribution in [0.4, 0.5) is 0 Å². The summed E-state index contributed by atoms with van der Waals surface area (Å²) >= 11 is 0. The maximum Gasteiger partial charge on any atom is 0.274 e. The Hall–Kier alpha value is -0.170. The summed E-state index contributed by atoms with van der Waals surface area (Å²) < 4.78 is 24.7. The number of rotatable bonds is 3. The Balaban J connectivity index is 1.49. The van der Waals surface area contributed by atoms with E-state index in [1.165, 1.54) is 44.9 Å². The summed E-state index contributed by atoms with van der Waals surface area (Å²) in [5, 5.41) is 5.05. The molecule has 1 spiro atoms. The Morgan fingerprint density at radius 2 is 1.70 bits per heavy atom. The summed E-state index contributed by atoms with van der Waals surface area (Å²) in [7, 11) is -3.55. The molecule has 20 heavy (non-hydrogen) atoms. The van der Waals surface area contributed by atoms with Crippen molar-refractivity contribution in [3.8, 4) is 0 Å². The van der Waals surface area contributed by atoms with Crippen LogP contribution in [0.3, 0.4) is 0 Å². The molecule has 0 amide bonds. The molecule has 1 heterocycles. The maximum atomic E-state index is 11.1. The van der Waals surface area contributed by atoms with Crippen molar-refractivity contribution in [1.82, 2.24) is 9.62 Å². The van der Waals surface area contributed by atoms with Gasteiger partial charge in [-0.1, -0.05) is 12.8 Å². The van der Waals surface area contributed by atoms with Crippen molar-refractivity contribution >= 4 is 10.2 Å². The molecule has 3 fully saturated rings. The minimum absolute atomic E-state index is 0.0306. The van der Waals surface area contributed by atoms with E-state index in [0.29, 0.717) is 5.41 Å². The molecule has 0 aromatic rings. The Labute approximate surface area is 122 Å². The third-order valence-corrected chi connectivity index (χ3v) is 6.38. The highest BCUT2D eigenvalue weighted by Crippen LogP contribution is 2.51. The van der Waals surface area contributed by atoms with Gasteiger partial charge in [0.1, 0.15) is 0 Å². The van der Waals surface area contributed by atoms with Crippen LogP contribution in [0, 0.1) is 5.41 Å². The van der Waals surface area contributed by atoms with E-state index >= 15 is 0 Å². The molecule has 0 aromatic carbocycles. The second-order valence-electron chi connectivity index (χ2n) is 7.08. The van der Waals surface area contributed by atoms with Crippen LogP contribution in [0.25, 0.3) is 0 Å². The molecule has 0 aromatic heterocycles. The molecule has 2 aliphatic carbocycles. The Kier molecular flexibility index (Phi) is 4.10. The minimum atomic E-state index is -3.55. The zero-order chi connectivity index (χ0) is 14.2. The molecule has 5 nitrogen and oxygen atoms in total. The standard InChI is InChI=1S/C14H27N3O2S/c15-20(18,19)16-12-4-9-17(10-5-12)13-3-8-14(11-13)6-1-2-7-14/h12-13,16H,1-11H2,(H2,15,18,19). The summed E-state index contributed by atoms with van der Waals surface area (Å²) in [6, 6.07) is 0.770. The summed E-state index contributed by atoms with van der Waals surface area (Å²) in [5.41, 5.74) is 0.667. The lowest BCUT2D eigenvalue weighted by molar-refractivity contribution is 0.139. The predicted octanol–water partition coefficient (Wildman–Crippen LogP) is 1.36. The van der Waals surface area contributed by atoms with Gasteiger partial charge in [0.05, 0.1) is 0 Å². The fraction of sp³-hybridized carbons (Fsp3) is 1.00. The number of hydrogen-bond donors (Lipinski definition) is 2. The van der Waals surface area contributed by atoms with Crippen LogP contribution < -0.4 is 9.86 Å². The van der Waals surface area contributed by atoms with Gasteiger partial charge in [0.2, 0.25) is 0 Å². The second-order valence-corrected chi connectivity index (χ2v) is 8.40. The Morgan fingerprint density at radius 1 is 1.05 bits per heavy atom. The van der Waals surface area contributed by atoms with E-state index in [2.05, 4.69) is 9.62 Å². The van der Waals surface area contributed by atoms with E-state index in [9.17, 15) is 8.42 Å². The predicted molar refractivity (Wildman–Crippen MR) is 79.4 cm³/mol. The lowest BCUT2D eigenvalue weighted by atomic mass is 9.84. The summed E-state index contributed by atoms with van der Waals surface area (Å²) in [4.78, 5) is 2.59. The fourth-order valence-corrected chi connectivity index (χ4v) is 5.38. The number of likely N-dealkylation sites (tertiary alicyclic amines) is 1. The Bertz CT molecular complexity index is 437. The van der Waals surface area contributed by atoms with Crippen LogP contribution in [-0.4, -0.2) is 38.5 Å². The van der Waals surface area contributed by atoms with E-state index in [0.717, 1.165) is 32.0 Å². The van der Waals surface area contributed by atoms with Crippen LogP contribution in [-0.2, 0) is 10.2 Å². The molecule has 3 aliphatic rings. The summed E-state index contributed by atoms with van der Waals surface area (Å²) in [5.74, 6) is 0. The van der Waals surface area contributed by atoms with Crippen molar-refractivity contribution in [2.24, 2.45) is 10.6 Å². The largest absolute Gasteiger partial charge is 0.300 e. The minimum Gasteiger partial charge on any atom is -0.300 e. The van der Waals surface area contributed by atoms with Crippen molar-refractivity contribution in [1.29, 1.82) is 0 Å². The number of nitrogens with zero attached hydrogens (tertiary/aromatic N) is 1. The second kappa shape index (κ2) is 5.55. The van der Waals surface area contributed by atoms with E-state index in [-0.39, 0.29) is 6.04 Å². The molecule has 1 unspecified atom stereocenters. The van der Waals surface area contributed by atoms with E-state index < -0.39 is 10.2 Å². The quantitative estimate of drug-likeness (QED) is 0.826. The number of hydrogen-bond acceptors (Lipinski definition) is 3. The van der Waals surface area contributed by atoms with Gasteiger partial charge in [-0.15, -0.1) is 0 Å². The molecule has 2 saturated carbocycles. The average Bonchev–Trinajstić information content (AvgIpc) is 3.00. The summed E-state index contributed by atoms with van der Waals surface area (Å²) in [6.07, 6.45) is 11.6. The molecule has 0 bridgehead atoms. The zero-order valence-electron chi connectivity index (χ0n) is 12.2. The SMILES string of the molecule is NS(=O)(=O)NC1CCN(C2CCC3(CCCC3)C2)CC1. The van der Waals surface area contributed by atoms with Gasteiger partial charge >= 0.3 is 0 Å².